The summed E-state index contributed by atoms with van der Waals surface area (Å²) in [6.07, 6.45) is 6.22. The molecule has 29 heavy (non-hydrogen) atoms. The van der Waals surface area contributed by atoms with Crippen molar-refractivity contribution in [1.82, 2.24) is 25.1 Å². The highest BCUT2D eigenvalue weighted by molar-refractivity contribution is 14.0. The molecule has 1 saturated heterocycles. The van der Waals surface area contributed by atoms with Crippen LogP contribution in [0.1, 0.15) is 38.1 Å². The van der Waals surface area contributed by atoms with Gasteiger partial charge in [-0.1, -0.05) is 44.2 Å². The summed E-state index contributed by atoms with van der Waals surface area (Å²) in [6, 6.07) is 11.0. The number of rotatable bonds is 7. The van der Waals surface area contributed by atoms with Gasteiger partial charge < -0.3 is 20.1 Å². The third-order valence-corrected chi connectivity index (χ3v) is 5.19. The molecule has 0 unspecified atom stereocenters. The van der Waals surface area contributed by atoms with Crippen molar-refractivity contribution < 1.29 is 0 Å². The Morgan fingerprint density at radius 3 is 2.59 bits per heavy atom. The monoisotopic (exact) mass is 510 g/mol. The van der Waals surface area contributed by atoms with Crippen molar-refractivity contribution in [2.75, 3.05) is 26.7 Å². The molecule has 0 amide bonds. The number of hydrogen-bond acceptors (Lipinski definition) is 3. The van der Waals surface area contributed by atoms with Crippen LogP contribution in [-0.2, 0) is 13.1 Å². The molecule has 1 aromatic carbocycles. The summed E-state index contributed by atoms with van der Waals surface area (Å²) in [5, 5.41) is 7.02. The Bertz CT molecular complexity index is 735. The first-order valence-corrected chi connectivity index (χ1v) is 10.4. The summed E-state index contributed by atoms with van der Waals surface area (Å²) in [7, 11) is 1.83. The Morgan fingerprint density at radius 2 is 1.93 bits per heavy atom. The Hall–Kier alpha value is -1.61. The van der Waals surface area contributed by atoms with E-state index in [9.17, 15) is 0 Å². The van der Waals surface area contributed by atoms with Gasteiger partial charge in [-0.25, -0.2) is 4.98 Å². The van der Waals surface area contributed by atoms with Crippen molar-refractivity contribution in [3.8, 4) is 0 Å². The van der Waals surface area contributed by atoms with Crippen LogP contribution in [-0.4, -0.2) is 53.1 Å². The summed E-state index contributed by atoms with van der Waals surface area (Å²) in [5.74, 6) is 2.61. The van der Waals surface area contributed by atoms with Crippen LogP contribution in [0.5, 0.6) is 0 Å². The molecule has 1 fully saturated rings. The Balaban J connectivity index is 0.00000300. The van der Waals surface area contributed by atoms with E-state index in [0.29, 0.717) is 12.6 Å². The SMILES string of the molecule is CN=C(NCc1nccn1Cc1ccccc1)NC1CCN(CC(C)C)CC1.I. The largest absolute Gasteiger partial charge is 0.354 e. The first-order valence-electron chi connectivity index (χ1n) is 10.4. The normalized spacial score (nSPS) is 15.9. The molecule has 0 aliphatic carbocycles. The van der Waals surface area contributed by atoms with E-state index >= 15 is 0 Å². The second-order valence-corrected chi connectivity index (χ2v) is 8.00. The highest BCUT2D eigenvalue weighted by atomic mass is 127. The first-order chi connectivity index (χ1) is 13.6. The van der Waals surface area contributed by atoms with Gasteiger partial charge in [0.25, 0.3) is 0 Å². The lowest BCUT2D eigenvalue weighted by Crippen LogP contribution is -2.49. The molecule has 6 nitrogen and oxygen atoms in total. The number of piperidine rings is 1. The fraction of sp³-hybridized carbons (Fsp3) is 0.545. The molecule has 0 saturated carbocycles. The second kappa shape index (κ2) is 12.2. The zero-order valence-corrected chi connectivity index (χ0v) is 20.2. The average Bonchev–Trinajstić information content (AvgIpc) is 3.14. The highest BCUT2D eigenvalue weighted by Gasteiger charge is 2.20. The van der Waals surface area contributed by atoms with Gasteiger partial charge in [0.2, 0.25) is 0 Å². The van der Waals surface area contributed by atoms with Gasteiger partial charge in [-0.2, -0.15) is 0 Å². The minimum Gasteiger partial charge on any atom is -0.354 e. The van der Waals surface area contributed by atoms with Crippen LogP contribution < -0.4 is 10.6 Å². The summed E-state index contributed by atoms with van der Waals surface area (Å²) in [6.45, 7) is 9.59. The standard InChI is InChI=1S/C22H34N6.HI/c1-18(2)16-27-12-9-20(10-13-27)26-22(23-3)25-15-21-24-11-14-28(21)17-19-7-5-4-6-8-19;/h4-8,11,14,18,20H,9-10,12-13,15-17H2,1-3H3,(H2,23,25,26);1H. The second-order valence-electron chi connectivity index (χ2n) is 8.00. The van der Waals surface area contributed by atoms with E-state index in [1.807, 2.05) is 25.5 Å². The predicted octanol–water partition coefficient (Wildman–Crippen LogP) is 3.33. The molecule has 2 N–H and O–H groups in total. The number of benzene rings is 1. The zero-order valence-electron chi connectivity index (χ0n) is 17.8. The van der Waals surface area contributed by atoms with Crippen molar-refractivity contribution >= 4 is 29.9 Å². The number of imidazole rings is 1. The fourth-order valence-corrected chi connectivity index (χ4v) is 3.76. The molecular formula is C22H35IN6. The van der Waals surface area contributed by atoms with E-state index in [2.05, 4.69) is 68.2 Å². The molecule has 0 spiro atoms. The molecule has 0 atom stereocenters. The Labute approximate surface area is 192 Å². The lowest BCUT2D eigenvalue weighted by Gasteiger charge is -2.33. The van der Waals surface area contributed by atoms with Gasteiger partial charge in [-0.3, -0.25) is 4.99 Å². The smallest absolute Gasteiger partial charge is 0.191 e. The minimum atomic E-state index is 0. The van der Waals surface area contributed by atoms with Gasteiger partial charge in [0.05, 0.1) is 6.54 Å². The van der Waals surface area contributed by atoms with Crippen LogP contribution in [0, 0.1) is 5.92 Å². The maximum Gasteiger partial charge on any atom is 0.191 e. The molecule has 1 aliphatic heterocycles. The molecule has 0 radical (unpaired) electrons. The number of aliphatic imine (C=N–C) groups is 1. The molecule has 160 valence electrons. The molecule has 2 aromatic rings. The Kier molecular flexibility index (Phi) is 9.93. The summed E-state index contributed by atoms with van der Waals surface area (Å²) in [5.41, 5.74) is 1.28. The molecular weight excluding hydrogens is 475 g/mol. The van der Waals surface area contributed by atoms with E-state index in [0.717, 1.165) is 50.2 Å². The van der Waals surface area contributed by atoms with Crippen molar-refractivity contribution in [1.29, 1.82) is 0 Å². The van der Waals surface area contributed by atoms with Gasteiger partial charge in [-0.05, 0) is 24.3 Å². The average molecular weight is 510 g/mol. The predicted molar refractivity (Wildman–Crippen MR) is 131 cm³/mol. The summed E-state index contributed by atoms with van der Waals surface area (Å²) < 4.78 is 2.18. The minimum absolute atomic E-state index is 0. The third-order valence-electron chi connectivity index (χ3n) is 5.19. The van der Waals surface area contributed by atoms with Gasteiger partial charge in [-0.15, -0.1) is 24.0 Å². The quantitative estimate of drug-likeness (QED) is 0.341. The topological polar surface area (TPSA) is 57.5 Å². The van der Waals surface area contributed by atoms with E-state index in [1.165, 1.54) is 12.1 Å². The lowest BCUT2D eigenvalue weighted by atomic mass is 10.0. The molecule has 1 aromatic heterocycles. The van der Waals surface area contributed by atoms with Crippen LogP contribution in [0.2, 0.25) is 0 Å². The van der Waals surface area contributed by atoms with Crippen LogP contribution >= 0.6 is 24.0 Å². The Morgan fingerprint density at radius 1 is 1.21 bits per heavy atom. The summed E-state index contributed by atoms with van der Waals surface area (Å²) in [4.78, 5) is 11.5. The maximum atomic E-state index is 4.51. The number of nitrogens with one attached hydrogen (secondary N) is 2. The van der Waals surface area contributed by atoms with Crippen LogP contribution in [0.15, 0.2) is 47.7 Å². The van der Waals surface area contributed by atoms with Crippen LogP contribution in [0.25, 0.3) is 0 Å². The molecule has 2 heterocycles. The van der Waals surface area contributed by atoms with Crippen molar-refractivity contribution in [3.63, 3.8) is 0 Å². The number of likely N-dealkylation sites (tertiary alicyclic amines) is 1. The van der Waals surface area contributed by atoms with E-state index in [1.54, 1.807) is 0 Å². The number of hydrogen-bond donors (Lipinski definition) is 2. The van der Waals surface area contributed by atoms with Crippen LogP contribution in [0.3, 0.4) is 0 Å². The van der Waals surface area contributed by atoms with Gasteiger partial charge >= 0.3 is 0 Å². The van der Waals surface area contributed by atoms with E-state index < -0.39 is 0 Å². The van der Waals surface area contributed by atoms with Crippen molar-refractivity contribution in [3.05, 3.63) is 54.1 Å². The fourth-order valence-electron chi connectivity index (χ4n) is 3.76. The highest BCUT2D eigenvalue weighted by Crippen LogP contribution is 2.12. The molecule has 1 aliphatic rings. The summed E-state index contributed by atoms with van der Waals surface area (Å²) >= 11 is 0. The first kappa shape index (κ1) is 23.7. The molecule has 7 heteroatoms. The van der Waals surface area contributed by atoms with Crippen molar-refractivity contribution in [2.45, 2.75) is 45.8 Å². The van der Waals surface area contributed by atoms with Crippen LogP contribution in [0.4, 0.5) is 0 Å². The van der Waals surface area contributed by atoms with Crippen molar-refractivity contribution in [2.24, 2.45) is 10.9 Å². The van der Waals surface area contributed by atoms with Gasteiger partial charge in [0, 0.05) is 51.7 Å². The number of guanidine groups is 1. The molecule has 0 bridgehead atoms. The number of aromatic nitrogens is 2. The maximum absolute atomic E-state index is 4.51. The van der Waals surface area contributed by atoms with E-state index in [-0.39, 0.29) is 24.0 Å². The lowest BCUT2D eigenvalue weighted by molar-refractivity contribution is 0.187. The number of halogens is 1. The zero-order chi connectivity index (χ0) is 19.8. The van der Waals surface area contributed by atoms with E-state index in [4.69, 9.17) is 0 Å². The van der Waals surface area contributed by atoms with Gasteiger partial charge in [0.15, 0.2) is 5.96 Å². The van der Waals surface area contributed by atoms with Gasteiger partial charge in [0.1, 0.15) is 5.82 Å². The number of nitrogens with zero attached hydrogens (tertiary/aromatic N) is 4. The molecule has 3 rings (SSSR count). The third kappa shape index (κ3) is 7.62.